The summed E-state index contributed by atoms with van der Waals surface area (Å²) in [5.74, 6) is 2.36. The van der Waals surface area contributed by atoms with Crippen LogP contribution in [-0.2, 0) is 17.9 Å². The van der Waals surface area contributed by atoms with Crippen molar-refractivity contribution in [1.82, 2.24) is 5.32 Å². The molecule has 0 saturated heterocycles. The molecule has 2 nitrogen and oxygen atoms in total. The van der Waals surface area contributed by atoms with Gasteiger partial charge in [0, 0.05) is 25.4 Å². The van der Waals surface area contributed by atoms with Gasteiger partial charge in [-0.1, -0.05) is 31.2 Å². The Hall–Kier alpha value is -0.510. The van der Waals surface area contributed by atoms with Crippen molar-refractivity contribution in [2.75, 3.05) is 18.6 Å². The topological polar surface area (TPSA) is 21.3 Å². The van der Waals surface area contributed by atoms with Crippen molar-refractivity contribution in [2.24, 2.45) is 0 Å². The second kappa shape index (κ2) is 8.56. The fourth-order valence-corrected chi connectivity index (χ4v) is 2.35. The lowest BCUT2D eigenvalue weighted by Gasteiger charge is -2.13. The average Bonchev–Trinajstić information content (AvgIpc) is 2.35. The van der Waals surface area contributed by atoms with E-state index in [0.717, 1.165) is 6.54 Å². The largest absolute Gasteiger partial charge is 0.380 e. The van der Waals surface area contributed by atoms with Crippen LogP contribution in [0.15, 0.2) is 24.3 Å². The fourth-order valence-electron chi connectivity index (χ4n) is 1.64. The smallest absolute Gasteiger partial charge is 0.0713 e. The Morgan fingerprint density at radius 3 is 2.82 bits per heavy atom. The van der Waals surface area contributed by atoms with Gasteiger partial charge in [0.25, 0.3) is 0 Å². The highest BCUT2D eigenvalue weighted by Crippen LogP contribution is 2.07. The number of hydrogen-bond acceptors (Lipinski definition) is 3. The number of hydrogen-bond donors (Lipinski definition) is 1. The number of rotatable bonds is 8. The quantitative estimate of drug-likeness (QED) is 0.769. The van der Waals surface area contributed by atoms with Crippen molar-refractivity contribution in [3.8, 4) is 0 Å². The Morgan fingerprint density at radius 1 is 1.35 bits per heavy atom. The van der Waals surface area contributed by atoms with E-state index in [1.165, 1.54) is 22.6 Å². The maximum atomic E-state index is 5.14. The molecular weight excluding hydrogens is 230 g/mol. The van der Waals surface area contributed by atoms with E-state index in [2.05, 4.69) is 43.4 Å². The van der Waals surface area contributed by atoms with Crippen molar-refractivity contribution < 1.29 is 4.74 Å². The standard InChI is InChI=1S/C14H23NOS/c1-4-17-11-12(2)15-9-13-6-5-7-14(8-13)10-16-3/h5-8,12,15H,4,9-11H2,1-3H3. The monoisotopic (exact) mass is 253 g/mol. The van der Waals surface area contributed by atoms with E-state index in [-0.39, 0.29) is 0 Å². The molecule has 17 heavy (non-hydrogen) atoms. The van der Waals surface area contributed by atoms with Gasteiger partial charge >= 0.3 is 0 Å². The van der Waals surface area contributed by atoms with Crippen molar-refractivity contribution in [3.05, 3.63) is 35.4 Å². The van der Waals surface area contributed by atoms with Gasteiger partial charge in [-0.25, -0.2) is 0 Å². The van der Waals surface area contributed by atoms with Gasteiger partial charge in [-0.05, 0) is 23.8 Å². The summed E-state index contributed by atoms with van der Waals surface area (Å²) in [5, 5.41) is 3.54. The molecule has 96 valence electrons. The van der Waals surface area contributed by atoms with Crippen LogP contribution in [-0.4, -0.2) is 24.7 Å². The van der Waals surface area contributed by atoms with Crippen LogP contribution in [0.25, 0.3) is 0 Å². The van der Waals surface area contributed by atoms with Crippen LogP contribution in [0, 0.1) is 0 Å². The van der Waals surface area contributed by atoms with Crippen molar-refractivity contribution in [2.45, 2.75) is 33.0 Å². The van der Waals surface area contributed by atoms with E-state index in [9.17, 15) is 0 Å². The molecule has 1 N–H and O–H groups in total. The highest BCUT2D eigenvalue weighted by Gasteiger charge is 2.01. The number of nitrogens with one attached hydrogen (secondary N) is 1. The molecule has 1 aromatic rings. The summed E-state index contributed by atoms with van der Waals surface area (Å²) in [7, 11) is 1.73. The third-order valence-corrected chi connectivity index (χ3v) is 3.67. The molecule has 0 radical (unpaired) electrons. The normalized spacial score (nSPS) is 12.6. The summed E-state index contributed by atoms with van der Waals surface area (Å²) < 4.78 is 5.14. The van der Waals surface area contributed by atoms with Crippen molar-refractivity contribution in [3.63, 3.8) is 0 Å². The van der Waals surface area contributed by atoms with E-state index in [4.69, 9.17) is 4.74 Å². The van der Waals surface area contributed by atoms with Gasteiger partial charge in [0.2, 0.25) is 0 Å². The molecular formula is C14H23NOS. The molecule has 1 aromatic carbocycles. The molecule has 0 bridgehead atoms. The molecule has 0 aliphatic carbocycles. The van der Waals surface area contributed by atoms with Crippen LogP contribution >= 0.6 is 11.8 Å². The van der Waals surface area contributed by atoms with Crippen molar-refractivity contribution in [1.29, 1.82) is 0 Å². The number of benzene rings is 1. The highest BCUT2D eigenvalue weighted by molar-refractivity contribution is 7.99. The average molecular weight is 253 g/mol. The van der Waals surface area contributed by atoms with Gasteiger partial charge < -0.3 is 10.1 Å². The first-order chi connectivity index (χ1) is 8.26. The summed E-state index contributed by atoms with van der Waals surface area (Å²) in [5.41, 5.74) is 2.57. The SMILES string of the molecule is CCSCC(C)NCc1cccc(COC)c1. The molecule has 0 amide bonds. The van der Waals surface area contributed by atoms with Gasteiger partial charge in [0.15, 0.2) is 0 Å². The third-order valence-electron chi connectivity index (χ3n) is 2.53. The van der Waals surface area contributed by atoms with E-state index in [1.54, 1.807) is 7.11 Å². The van der Waals surface area contributed by atoms with Gasteiger partial charge in [-0.2, -0.15) is 11.8 Å². The second-order valence-electron chi connectivity index (χ2n) is 4.19. The Kier molecular flexibility index (Phi) is 7.33. The van der Waals surface area contributed by atoms with Gasteiger partial charge in [0.1, 0.15) is 0 Å². The maximum absolute atomic E-state index is 5.14. The molecule has 0 heterocycles. The first kappa shape index (κ1) is 14.6. The lowest BCUT2D eigenvalue weighted by molar-refractivity contribution is 0.185. The van der Waals surface area contributed by atoms with E-state index < -0.39 is 0 Å². The molecule has 0 saturated carbocycles. The van der Waals surface area contributed by atoms with Gasteiger partial charge in [-0.3, -0.25) is 0 Å². The minimum atomic E-state index is 0.561. The molecule has 1 unspecified atom stereocenters. The zero-order valence-electron chi connectivity index (χ0n) is 11.0. The van der Waals surface area contributed by atoms with Crippen LogP contribution < -0.4 is 5.32 Å². The fraction of sp³-hybridized carbons (Fsp3) is 0.571. The van der Waals surface area contributed by atoms with Gasteiger partial charge in [-0.15, -0.1) is 0 Å². The van der Waals surface area contributed by atoms with Crippen LogP contribution in [0.4, 0.5) is 0 Å². The molecule has 0 aliphatic rings. The minimum absolute atomic E-state index is 0.561. The third kappa shape index (κ3) is 6.10. The molecule has 0 aromatic heterocycles. The summed E-state index contributed by atoms with van der Waals surface area (Å²) in [6.45, 7) is 6.06. The van der Waals surface area contributed by atoms with Crippen LogP contribution in [0.2, 0.25) is 0 Å². The maximum Gasteiger partial charge on any atom is 0.0713 e. The Morgan fingerprint density at radius 2 is 2.12 bits per heavy atom. The first-order valence-electron chi connectivity index (χ1n) is 6.14. The number of thioether (sulfide) groups is 1. The number of ether oxygens (including phenoxy) is 1. The highest BCUT2D eigenvalue weighted by atomic mass is 32.2. The van der Waals surface area contributed by atoms with E-state index in [1.807, 2.05) is 11.8 Å². The zero-order valence-corrected chi connectivity index (χ0v) is 11.8. The Labute approximate surface area is 109 Å². The molecule has 0 fully saturated rings. The van der Waals surface area contributed by atoms with E-state index >= 15 is 0 Å². The van der Waals surface area contributed by atoms with Crippen LogP contribution in [0.1, 0.15) is 25.0 Å². The lowest BCUT2D eigenvalue weighted by Crippen LogP contribution is -2.27. The summed E-state index contributed by atoms with van der Waals surface area (Å²) in [6, 6.07) is 9.12. The van der Waals surface area contributed by atoms with Crippen LogP contribution in [0.3, 0.4) is 0 Å². The molecule has 0 aliphatic heterocycles. The van der Waals surface area contributed by atoms with Crippen LogP contribution in [0.5, 0.6) is 0 Å². The molecule has 1 atom stereocenters. The lowest BCUT2D eigenvalue weighted by atomic mass is 10.1. The van der Waals surface area contributed by atoms with Crippen molar-refractivity contribution >= 4 is 11.8 Å². The Balaban J connectivity index is 2.37. The predicted octanol–water partition coefficient (Wildman–Crippen LogP) is 3.06. The molecule has 3 heteroatoms. The zero-order chi connectivity index (χ0) is 12.5. The summed E-state index contributed by atoms with van der Waals surface area (Å²) >= 11 is 1.98. The van der Waals surface area contributed by atoms with E-state index in [0.29, 0.717) is 12.6 Å². The predicted molar refractivity (Wildman–Crippen MR) is 76.5 cm³/mol. The first-order valence-corrected chi connectivity index (χ1v) is 7.29. The molecule has 1 rings (SSSR count). The minimum Gasteiger partial charge on any atom is -0.380 e. The number of methoxy groups -OCH3 is 1. The summed E-state index contributed by atoms with van der Waals surface area (Å²) in [4.78, 5) is 0. The van der Waals surface area contributed by atoms with Gasteiger partial charge in [0.05, 0.1) is 6.61 Å². The summed E-state index contributed by atoms with van der Waals surface area (Å²) in [6.07, 6.45) is 0. The second-order valence-corrected chi connectivity index (χ2v) is 5.51. The molecule has 0 spiro atoms. The Bertz CT molecular complexity index is 317.